The fourth-order valence-electron chi connectivity index (χ4n) is 3.32. The molecule has 3 aromatic carbocycles. The second kappa shape index (κ2) is 7.82. The molecular weight excluding hydrogens is 355 g/mol. The monoisotopic (exact) mass is 376 g/mol. The van der Waals surface area contributed by atoms with Crippen LogP contribution in [0.4, 0.5) is 4.39 Å². The predicted octanol–water partition coefficient (Wildman–Crippen LogP) is 5.05. The van der Waals surface area contributed by atoms with Crippen molar-refractivity contribution in [3.63, 3.8) is 0 Å². The summed E-state index contributed by atoms with van der Waals surface area (Å²) in [5, 5.41) is 10.7. The van der Waals surface area contributed by atoms with Gasteiger partial charge in [0.25, 0.3) is 0 Å². The number of imidazole rings is 1. The number of ether oxygens (including phenoxy) is 1. The average molecular weight is 376 g/mol. The molecule has 1 heterocycles. The summed E-state index contributed by atoms with van der Waals surface area (Å²) >= 11 is 0. The highest BCUT2D eigenvalue weighted by molar-refractivity contribution is 5.76. The van der Waals surface area contributed by atoms with E-state index in [0.29, 0.717) is 12.1 Å². The molecule has 4 rings (SSSR count). The van der Waals surface area contributed by atoms with E-state index in [0.717, 1.165) is 22.6 Å². The first kappa shape index (κ1) is 18.2. The van der Waals surface area contributed by atoms with Crippen LogP contribution in [0, 0.1) is 5.82 Å². The molecule has 1 N–H and O–H groups in total. The normalized spacial score (nSPS) is 13.4. The van der Waals surface area contributed by atoms with Gasteiger partial charge < -0.3 is 14.4 Å². The Morgan fingerprint density at radius 2 is 1.64 bits per heavy atom. The van der Waals surface area contributed by atoms with Crippen LogP contribution in [0.25, 0.3) is 11.0 Å². The van der Waals surface area contributed by atoms with Crippen LogP contribution in [0.1, 0.15) is 30.5 Å². The lowest BCUT2D eigenvalue weighted by molar-refractivity contribution is 0.149. The Bertz CT molecular complexity index is 1060. The van der Waals surface area contributed by atoms with E-state index in [1.54, 1.807) is 12.1 Å². The minimum atomic E-state index is -0.791. The maximum absolute atomic E-state index is 13.2. The highest BCUT2D eigenvalue weighted by Gasteiger charge is 2.20. The van der Waals surface area contributed by atoms with E-state index in [-0.39, 0.29) is 11.9 Å². The third kappa shape index (κ3) is 3.75. The van der Waals surface area contributed by atoms with Crippen molar-refractivity contribution in [3.8, 4) is 5.75 Å². The molecule has 0 fully saturated rings. The van der Waals surface area contributed by atoms with Crippen LogP contribution in [0.5, 0.6) is 5.75 Å². The largest absolute Gasteiger partial charge is 0.483 e. The zero-order valence-electron chi connectivity index (χ0n) is 15.5. The molecule has 0 bridgehead atoms. The fourth-order valence-corrected chi connectivity index (χ4v) is 3.32. The molecule has 28 heavy (non-hydrogen) atoms. The summed E-state index contributed by atoms with van der Waals surface area (Å²) in [7, 11) is 0. The third-order valence-corrected chi connectivity index (χ3v) is 4.71. The average Bonchev–Trinajstić information content (AvgIpc) is 3.08. The van der Waals surface area contributed by atoms with Crippen molar-refractivity contribution in [2.45, 2.75) is 25.7 Å². The topological polar surface area (TPSA) is 47.3 Å². The van der Waals surface area contributed by atoms with Gasteiger partial charge in [-0.25, -0.2) is 9.37 Å². The number of nitrogens with zero attached hydrogens (tertiary/aromatic N) is 2. The molecule has 5 heteroatoms. The van der Waals surface area contributed by atoms with Crippen molar-refractivity contribution < 1.29 is 14.2 Å². The molecule has 0 amide bonds. The molecule has 4 nitrogen and oxygen atoms in total. The van der Waals surface area contributed by atoms with Crippen molar-refractivity contribution in [2.24, 2.45) is 0 Å². The standard InChI is InChI=1S/C23H21FN2O2/c1-16(28-19-7-3-2-4-8-19)23-25-20-9-5-6-10-21(20)26(23)15-22(27)17-11-13-18(24)14-12-17/h2-14,16,22,27H,15H2,1H3. The molecule has 0 radical (unpaired) electrons. The molecule has 0 aliphatic rings. The van der Waals surface area contributed by atoms with E-state index >= 15 is 0 Å². The summed E-state index contributed by atoms with van der Waals surface area (Å²) < 4.78 is 21.2. The Kier molecular flexibility index (Phi) is 5.08. The molecule has 0 saturated carbocycles. The molecule has 1 aromatic heterocycles. The van der Waals surface area contributed by atoms with Crippen LogP contribution in [0.15, 0.2) is 78.9 Å². The first-order valence-electron chi connectivity index (χ1n) is 9.22. The van der Waals surface area contributed by atoms with Crippen molar-refractivity contribution in [1.29, 1.82) is 0 Å². The summed E-state index contributed by atoms with van der Waals surface area (Å²) in [6.45, 7) is 2.24. The summed E-state index contributed by atoms with van der Waals surface area (Å²) in [4.78, 5) is 4.74. The molecule has 4 aromatic rings. The lowest BCUT2D eigenvalue weighted by Crippen LogP contribution is -2.16. The smallest absolute Gasteiger partial charge is 0.153 e. The van der Waals surface area contributed by atoms with Crippen LogP contribution in [-0.2, 0) is 6.54 Å². The Balaban J connectivity index is 1.67. The van der Waals surface area contributed by atoms with Crippen LogP contribution in [0.2, 0.25) is 0 Å². The quantitative estimate of drug-likeness (QED) is 0.512. The first-order chi connectivity index (χ1) is 13.6. The summed E-state index contributed by atoms with van der Waals surface area (Å²) in [5.74, 6) is 1.16. The van der Waals surface area contributed by atoms with Gasteiger partial charge in [0.15, 0.2) is 11.9 Å². The Morgan fingerprint density at radius 1 is 0.964 bits per heavy atom. The van der Waals surface area contributed by atoms with Gasteiger partial charge in [-0.2, -0.15) is 0 Å². The SMILES string of the molecule is CC(Oc1ccccc1)c1nc2ccccc2n1CC(O)c1ccc(F)cc1. The maximum atomic E-state index is 13.2. The van der Waals surface area contributed by atoms with Crippen molar-refractivity contribution in [2.75, 3.05) is 0 Å². The lowest BCUT2D eigenvalue weighted by atomic mass is 10.1. The Hall–Kier alpha value is -3.18. The van der Waals surface area contributed by atoms with Gasteiger partial charge >= 0.3 is 0 Å². The van der Waals surface area contributed by atoms with Crippen molar-refractivity contribution in [3.05, 3.63) is 96.1 Å². The molecule has 2 unspecified atom stereocenters. The molecule has 2 atom stereocenters. The van der Waals surface area contributed by atoms with E-state index in [4.69, 9.17) is 9.72 Å². The van der Waals surface area contributed by atoms with E-state index in [2.05, 4.69) is 0 Å². The van der Waals surface area contributed by atoms with E-state index in [1.807, 2.05) is 66.1 Å². The molecule has 142 valence electrons. The predicted molar refractivity (Wildman–Crippen MR) is 107 cm³/mol. The van der Waals surface area contributed by atoms with Gasteiger partial charge in [-0.05, 0) is 48.9 Å². The maximum Gasteiger partial charge on any atom is 0.153 e. The fraction of sp³-hybridized carbons (Fsp3) is 0.174. The van der Waals surface area contributed by atoms with E-state index in [1.165, 1.54) is 12.1 Å². The Labute approximate surface area is 162 Å². The first-order valence-corrected chi connectivity index (χ1v) is 9.22. The number of hydrogen-bond donors (Lipinski definition) is 1. The summed E-state index contributed by atoms with van der Waals surface area (Å²) in [5.41, 5.74) is 2.41. The van der Waals surface area contributed by atoms with Gasteiger partial charge in [-0.1, -0.05) is 42.5 Å². The van der Waals surface area contributed by atoms with E-state index in [9.17, 15) is 9.50 Å². The number of aliphatic hydroxyl groups is 1. The van der Waals surface area contributed by atoms with Crippen molar-refractivity contribution >= 4 is 11.0 Å². The van der Waals surface area contributed by atoms with E-state index < -0.39 is 6.10 Å². The van der Waals surface area contributed by atoms with Gasteiger partial charge in [0, 0.05) is 0 Å². The Morgan fingerprint density at radius 3 is 2.39 bits per heavy atom. The van der Waals surface area contributed by atoms with Gasteiger partial charge in [0.05, 0.1) is 23.7 Å². The second-order valence-electron chi connectivity index (χ2n) is 6.71. The lowest BCUT2D eigenvalue weighted by Gasteiger charge is -2.19. The number of aliphatic hydroxyl groups excluding tert-OH is 1. The molecule has 0 aliphatic carbocycles. The third-order valence-electron chi connectivity index (χ3n) is 4.71. The number of para-hydroxylation sites is 3. The summed E-state index contributed by atoms with van der Waals surface area (Å²) in [6, 6.07) is 23.3. The number of halogens is 1. The zero-order chi connectivity index (χ0) is 19.5. The second-order valence-corrected chi connectivity index (χ2v) is 6.71. The van der Waals surface area contributed by atoms with Crippen LogP contribution >= 0.6 is 0 Å². The van der Waals surface area contributed by atoms with Gasteiger partial charge in [-0.15, -0.1) is 0 Å². The van der Waals surface area contributed by atoms with Gasteiger partial charge in [-0.3, -0.25) is 0 Å². The molecular formula is C23H21FN2O2. The van der Waals surface area contributed by atoms with Crippen molar-refractivity contribution in [1.82, 2.24) is 9.55 Å². The zero-order valence-corrected chi connectivity index (χ0v) is 15.5. The number of rotatable bonds is 6. The highest BCUT2D eigenvalue weighted by Crippen LogP contribution is 2.27. The minimum Gasteiger partial charge on any atom is -0.483 e. The molecule has 0 aliphatic heterocycles. The number of hydrogen-bond acceptors (Lipinski definition) is 3. The molecule has 0 saturated heterocycles. The van der Waals surface area contributed by atoms with Crippen LogP contribution in [0.3, 0.4) is 0 Å². The molecule has 0 spiro atoms. The summed E-state index contributed by atoms with van der Waals surface area (Å²) in [6.07, 6.45) is -1.10. The minimum absolute atomic E-state index is 0.296. The number of benzene rings is 3. The number of aromatic nitrogens is 2. The van der Waals surface area contributed by atoms with Crippen LogP contribution < -0.4 is 4.74 Å². The van der Waals surface area contributed by atoms with Gasteiger partial charge in [0.2, 0.25) is 0 Å². The number of fused-ring (bicyclic) bond motifs is 1. The van der Waals surface area contributed by atoms with Gasteiger partial charge in [0.1, 0.15) is 11.6 Å². The van der Waals surface area contributed by atoms with Crippen LogP contribution in [-0.4, -0.2) is 14.7 Å². The highest BCUT2D eigenvalue weighted by atomic mass is 19.1.